The summed E-state index contributed by atoms with van der Waals surface area (Å²) >= 11 is 0. The van der Waals surface area contributed by atoms with Crippen LogP contribution >= 0.6 is 0 Å². The zero-order valence-corrected chi connectivity index (χ0v) is 16.2. The lowest BCUT2D eigenvalue weighted by Gasteiger charge is -2.31. The molecule has 1 atom stereocenters. The fourth-order valence-corrected chi connectivity index (χ4v) is 3.55. The highest BCUT2D eigenvalue weighted by atomic mass is 16.2. The van der Waals surface area contributed by atoms with Crippen LogP contribution in [-0.4, -0.2) is 40.4 Å². The maximum atomic E-state index is 13.0. The molecule has 138 valence electrons. The highest BCUT2D eigenvalue weighted by molar-refractivity contribution is 5.92. The number of benzene rings is 1. The van der Waals surface area contributed by atoms with E-state index in [4.69, 9.17) is 0 Å². The van der Waals surface area contributed by atoms with Crippen LogP contribution < -0.4 is 4.90 Å². The molecule has 0 bridgehead atoms. The van der Waals surface area contributed by atoms with E-state index in [1.54, 1.807) is 6.07 Å². The van der Waals surface area contributed by atoms with Crippen LogP contribution in [0, 0.1) is 19.8 Å². The second-order valence-corrected chi connectivity index (χ2v) is 7.28. The molecule has 1 fully saturated rings. The number of hydrogen-bond acceptors (Lipinski definition) is 4. The third-order valence-electron chi connectivity index (χ3n) is 4.88. The minimum atomic E-state index is 0.0172. The van der Waals surface area contributed by atoms with Crippen LogP contribution in [0.4, 0.5) is 11.6 Å². The Balaban J connectivity index is 1.92. The fourth-order valence-electron chi connectivity index (χ4n) is 3.55. The summed E-state index contributed by atoms with van der Waals surface area (Å²) in [4.78, 5) is 26.2. The van der Waals surface area contributed by atoms with Crippen molar-refractivity contribution in [2.24, 2.45) is 5.92 Å². The Hall–Kier alpha value is -2.43. The van der Waals surface area contributed by atoms with Crippen molar-refractivity contribution in [3.63, 3.8) is 0 Å². The van der Waals surface area contributed by atoms with E-state index in [0.717, 1.165) is 37.4 Å². The average Bonchev–Trinajstić information content (AvgIpc) is 2.61. The van der Waals surface area contributed by atoms with E-state index < -0.39 is 0 Å². The van der Waals surface area contributed by atoms with E-state index in [2.05, 4.69) is 53.8 Å². The number of amides is 1. The van der Waals surface area contributed by atoms with E-state index in [0.29, 0.717) is 17.6 Å². The third-order valence-corrected chi connectivity index (χ3v) is 4.88. The molecule has 1 aromatic heterocycles. The van der Waals surface area contributed by atoms with Crippen LogP contribution in [0.15, 0.2) is 30.3 Å². The summed E-state index contributed by atoms with van der Waals surface area (Å²) in [5, 5.41) is 0. The topological polar surface area (TPSA) is 49.3 Å². The number of aromatic nitrogens is 2. The summed E-state index contributed by atoms with van der Waals surface area (Å²) in [5.74, 6) is 1.16. The minimum Gasteiger partial charge on any atom is -0.337 e. The van der Waals surface area contributed by atoms with Crippen LogP contribution in [-0.2, 0) is 0 Å². The molecule has 0 N–H and O–H groups in total. The van der Waals surface area contributed by atoms with E-state index in [1.165, 1.54) is 12.0 Å². The van der Waals surface area contributed by atoms with Gasteiger partial charge in [-0.25, -0.2) is 9.97 Å². The van der Waals surface area contributed by atoms with Crippen molar-refractivity contribution >= 4 is 17.5 Å². The van der Waals surface area contributed by atoms with Gasteiger partial charge < -0.3 is 9.80 Å². The van der Waals surface area contributed by atoms with Crippen LogP contribution in [0.5, 0.6) is 0 Å². The van der Waals surface area contributed by atoms with Crippen LogP contribution in [0.25, 0.3) is 0 Å². The van der Waals surface area contributed by atoms with Crippen molar-refractivity contribution < 1.29 is 4.79 Å². The van der Waals surface area contributed by atoms with Gasteiger partial charge in [0.05, 0.1) is 0 Å². The van der Waals surface area contributed by atoms with E-state index in [9.17, 15) is 4.79 Å². The standard InChI is InChI=1S/C21H28N4O/c1-5-25(18-10-6-8-15(2)12-18)21-22-17(4)13-19(23-21)20(26)24-11-7-9-16(3)14-24/h6,8,10,12-13,16H,5,7,9,11,14H2,1-4H3. The summed E-state index contributed by atoms with van der Waals surface area (Å²) in [7, 11) is 0. The molecule has 5 heteroatoms. The Morgan fingerprint density at radius 3 is 2.77 bits per heavy atom. The summed E-state index contributed by atoms with van der Waals surface area (Å²) in [5.41, 5.74) is 3.54. The van der Waals surface area contributed by atoms with Gasteiger partial charge in [0, 0.05) is 31.0 Å². The van der Waals surface area contributed by atoms with Gasteiger partial charge in [-0.3, -0.25) is 4.79 Å². The first kappa shape index (κ1) is 18.4. The molecule has 0 aliphatic carbocycles. The van der Waals surface area contributed by atoms with Crippen molar-refractivity contribution in [2.75, 3.05) is 24.5 Å². The number of aryl methyl sites for hydroxylation is 2. The SMILES string of the molecule is CCN(c1cccc(C)c1)c1nc(C)cc(C(=O)N2CCCC(C)C2)n1. The predicted molar refractivity (Wildman–Crippen MR) is 105 cm³/mol. The lowest BCUT2D eigenvalue weighted by Crippen LogP contribution is -2.39. The summed E-state index contributed by atoms with van der Waals surface area (Å²) in [6.07, 6.45) is 2.25. The Kier molecular flexibility index (Phi) is 5.55. The molecule has 1 aliphatic rings. The Morgan fingerprint density at radius 2 is 2.08 bits per heavy atom. The van der Waals surface area contributed by atoms with Crippen molar-refractivity contribution in [3.8, 4) is 0 Å². The second kappa shape index (κ2) is 7.85. The number of rotatable bonds is 4. The lowest BCUT2D eigenvalue weighted by molar-refractivity contribution is 0.0677. The van der Waals surface area contributed by atoms with Crippen molar-refractivity contribution in [1.82, 2.24) is 14.9 Å². The molecule has 0 spiro atoms. The molecule has 2 heterocycles. The van der Waals surface area contributed by atoms with Crippen LogP contribution in [0.2, 0.25) is 0 Å². The summed E-state index contributed by atoms with van der Waals surface area (Å²) < 4.78 is 0. The molecule has 2 aromatic rings. The quantitative estimate of drug-likeness (QED) is 0.830. The molecule has 0 saturated carbocycles. The van der Waals surface area contributed by atoms with Crippen molar-refractivity contribution in [1.29, 1.82) is 0 Å². The number of likely N-dealkylation sites (tertiary alicyclic amines) is 1. The largest absolute Gasteiger partial charge is 0.337 e. The maximum Gasteiger partial charge on any atom is 0.272 e. The van der Waals surface area contributed by atoms with Gasteiger partial charge in [0.15, 0.2) is 0 Å². The highest BCUT2D eigenvalue weighted by Crippen LogP contribution is 2.24. The Bertz CT molecular complexity index is 789. The molecular weight excluding hydrogens is 324 g/mol. The molecule has 1 amide bonds. The zero-order valence-electron chi connectivity index (χ0n) is 16.2. The molecule has 5 nitrogen and oxygen atoms in total. The minimum absolute atomic E-state index is 0.0172. The predicted octanol–water partition coefficient (Wildman–Crippen LogP) is 4.12. The molecule has 26 heavy (non-hydrogen) atoms. The van der Waals surface area contributed by atoms with E-state index in [1.807, 2.05) is 17.9 Å². The van der Waals surface area contributed by atoms with E-state index in [-0.39, 0.29) is 5.91 Å². The van der Waals surface area contributed by atoms with Crippen LogP contribution in [0.3, 0.4) is 0 Å². The van der Waals surface area contributed by atoms with Gasteiger partial charge in [0.2, 0.25) is 5.95 Å². The maximum absolute atomic E-state index is 13.0. The second-order valence-electron chi connectivity index (χ2n) is 7.28. The molecule has 3 rings (SSSR count). The number of nitrogens with zero attached hydrogens (tertiary/aromatic N) is 4. The monoisotopic (exact) mass is 352 g/mol. The molecule has 1 unspecified atom stereocenters. The Labute approximate surface area is 156 Å². The first-order valence-electron chi connectivity index (χ1n) is 9.47. The molecule has 1 saturated heterocycles. The van der Waals surface area contributed by atoms with Gasteiger partial charge in [-0.2, -0.15) is 0 Å². The van der Waals surface area contributed by atoms with Gasteiger partial charge in [-0.15, -0.1) is 0 Å². The molecular formula is C21H28N4O. The smallest absolute Gasteiger partial charge is 0.272 e. The number of carbonyl (C=O) groups excluding carboxylic acids is 1. The van der Waals surface area contributed by atoms with Gasteiger partial charge in [0.25, 0.3) is 5.91 Å². The molecule has 1 aromatic carbocycles. The van der Waals surface area contributed by atoms with Crippen LogP contribution in [0.1, 0.15) is 48.4 Å². The van der Waals surface area contributed by atoms with Gasteiger partial charge in [-0.1, -0.05) is 19.1 Å². The lowest BCUT2D eigenvalue weighted by atomic mass is 10.00. The highest BCUT2D eigenvalue weighted by Gasteiger charge is 2.24. The van der Waals surface area contributed by atoms with Gasteiger partial charge >= 0.3 is 0 Å². The first-order chi connectivity index (χ1) is 12.5. The molecule has 0 radical (unpaired) electrons. The fraction of sp³-hybridized carbons (Fsp3) is 0.476. The van der Waals surface area contributed by atoms with Crippen molar-refractivity contribution in [2.45, 2.75) is 40.5 Å². The number of anilines is 2. The van der Waals surface area contributed by atoms with Crippen molar-refractivity contribution in [3.05, 3.63) is 47.3 Å². The molecule has 1 aliphatic heterocycles. The van der Waals surface area contributed by atoms with Gasteiger partial charge in [0.1, 0.15) is 5.69 Å². The summed E-state index contributed by atoms with van der Waals surface area (Å²) in [6.45, 7) is 10.6. The third kappa shape index (κ3) is 4.03. The number of carbonyl (C=O) groups is 1. The zero-order chi connectivity index (χ0) is 18.7. The number of hydrogen-bond donors (Lipinski definition) is 0. The first-order valence-corrected chi connectivity index (χ1v) is 9.47. The average molecular weight is 352 g/mol. The van der Waals surface area contributed by atoms with E-state index >= 15 is 0 Å². The Morgan fingerprint density at radius 1 is 1.27 bits per heavy atom. The van der Waals surface area contributed by atoms with Gasteiger partial charge in [-0.05, 0) is 63.3 Å². The normalized spacial score (nSPS) is 17.2. The summed E-state index contributed by atoms with van der Waals surface area (Å²) in [6, 6.07) is 10.1. The number of piperidine rings is 1.